The number of nitrogens with one attached hydrogen (secondary N) is 1. The molecule has 0 bridgehead atoms. The van der Waals surface area contributed by atoms with Crippen LogP contribution in [0, 0.1) is 0 Å². The molecule has 1 unspecified atom stereocenters. The van der Waals surface area contributed by atoms with Crippen LogP contribution in [0.25, 0.3) is 0 Å². The van der Waals surface area contributed by atoms with Gasteiger partial charge < -0.3 is 14.8 Å². The summed E-state index contributed by atoms with van der Waals surface area (Å²) >= 11 is 0. The number of rotatable bonds is 4. The van der Waals surface area contributed by atoms with Gasteiger partial charge in [0.15, 0.2) is 11.5 Å². The van der Waals surface area contributed by atoms with E-state index in [0.29, 0.717) is 12.6 Å². The number of fused-ring (bicyclic) bond motifs is 1. The largest absolute Gasteiger partial charge is 0.493 e. The van der Waals surface area contributed by atoms with Crippen LogP contribution in [0.4, 0.5) is 0 Å². The predicted octanol–water partition coefficient (Wildman–Crippen LogP) is 2.18. The normalized spacial score (nSPS) is 17.1. The molecule has 4 heteroatoms. The van der Waals surface area contributed by atoms with Crippen molar-refractivity contribution < 1.29 is 9.47 Å². The monoisotopic (exact) mass is 270 g/mol. The van der Waals surface area contributed by atoms with Crippen molar-refractivity contribution in [2.24, 2.45) is 0 Å². The Morgan fingerprint density at radius 1 is 1.30 bits per heavy atom. The van der Waals surface area contributed by atoms with E-state index in [1.165, 1.54) is 11.1 Å². The highest BCUT2D eigenvalue weighted by Gasteiger charge is 2.22. The van der Waals surface area contributed by atoms with E-state index < -0.39 is 0 Å². The summed E-state index contributed by atoms with van der Waals surface area (Å²) in [6, 6.07) is 10.4. The number of aromatic nitrogens is 1. The van der Waals surface area contributed by atoms with Crippen LogP contribution in [-0.2, 0) is 13.0 Å². The summed E-state index contributed by atoms with van der Waals surface area (Å²) in [5.74, 6) is 1.70. The van der Waals surface area contributed by atoms with Crippen molar-refractivity contribution in [3.8, 4) is 11.5 Å². The van der Waals surface area contributed by atoms with Crippen LogP contribution in [0.15, 0.2) is 42.7 Å². The van der Waals surface area contributed by atoms with E-state index in [0.717, 1.165) is 24.5 Å². The fourth-order valence-corrected chi connectivity index (χ4v) is 2.45. The third-order valence-corrected chi connectivity index (χ3v) is 3.52. The molecule has 2 heterocycles. The van der Waals surface area contributed by atoms with Crippen LogP contribution in [0.1, 0.15) is 11.1 Å². The smallest absolute Gasteiger partial charge is 0.164 e. The summed E-state index contributed by atoms with van der Waals surface area (Å²) < 4.78 is 11.2. The molecule has 0 amide bonds. The lowest BCUT2D eigenvalue weighted by atomic mass is 10.0. The molecular formula is C16H18N2O2. The topological polar surface area (TPSA) is 43.4 Å². The first-order valence-electron chi connectivity index (χ1n) is 6.78. The zero-order valence-corrected chi connectivity index (χ0v) is 11.5. The van der Waals surface area contributed by atoms with Crippen LogP contribution >= 0.6 is 0 Å². The summed E-state index contributed by atoms with van der Waals surface area (Å²) in [7, 11) is 1.67. The highest BCUT2D eigenvalue weighted by Crippen LogP contribution is 2.34. The highest BCUT2D eigenvalue weighted by atomic mass is 16.5. The lowest BCUT2D eigenvalue weighted by Gasteiger charge is -2.27. The zero-order valence-electron chi connectivity index (χ0n) is 11.5. The van der Waals surface area contributed by atoms with Crippen molar-refractivity contribution in [1.82, 2.24) is 10.3 Å². The Hall–Kier alpha value is -2.07. The molecule has 1 aliphatic heterocycles. The second kappa shape index (κ2) is 5.92. The molecule has 0 saturated carbocycles. The molecule has 1 N–H and O–H groups in total. The van der Waals surface area contributed by atoms with Crippen LogP contribution < -0.4 is 14.8 Å². The van der Waals surface area contributed by atoms with Crippen molar-refractivity contribution in [2.45, 2.75) is 19.0 Å². The number of para-hydroxylation sites is 1. The fraction of sp³-hybridized carbons (Fsp3) is 0.312. The first-order chi connectivity index (χ1) is 9.86. The van der Waals surface area contributed by atoms with E-state index in [2.05, 4.69) is 16.4 Å². The fourth-order valence-electron chi connectivity index (χ4n) is 2.45. The van der Waals surface area contributed by atoms with Gasteiger partial charge in [-0.3, -0.25) is 4.98 Å². The van der Waals surface area contributed by atoms with E-state index in [9.17, 15) is 0 Å². The Balaban J connectivity index is 1.64. The Morgan fingerprint density at radius 3 is 2.95 bits per heavy atom. The third-order valence-electron chi connectivity index (χ3n) is 3.52. The summed E-state index contributed by atoms with van der Waals surface area (Å²) in [4.78, 5) is 4.02. The third kappa shape index (κ3) is 2.75. The zero-order chi connectivity index (χ0) is 13.8. The van der Waals surface area contributed by atoms with Crippen LogP contribution in [0.5, 0.6) is 11.5 Å². The molecule has 1 aromatic heterocycles. The quantitative estimate of drug-likeness (QED) is 0.925. The SMILES string of the molecule is COc1cccc2c1OCC(NCc1ccncc1)C2. The molecule has 20 heavy (non-hydrogen) atoms. The summed E-state index contributed by atoms with van der Waals surface area (Å²) in [5, 5.41) is 3.52. The molecule has 1 aliphatic rings. The van der Waals surface area contributed by atoms with Gasteiger partial charge in [0.25, 0.3) is 0 Å². The molecule has 0 spiro atoms. The number of ether oxygens (including phenoxy) is 2. The van der Waals surface area contributed by atoms with Gasteiger partial charge in [-0.05, 0) is 35.7 Å². The van der Waals surface area contributed by atoms with Gasteiger partial charge in [0.2, 0.25) is 0 Å². The minimum Gasteiger partial charge on any atom is -0.493 e. The van der Waals surface area contributed by atoms with E-state index in [-0.39, 0.29) is 0 Å². The lowest BCUT2D eigenvalue weighted by molar-refractivity contribution is 0.226. The van der Waals surface area contributed by atoms with Gasteiger partial charge in [0, 0.05) is 25.0 Å². The minimum atomic E-state index is 0.322. The maximum Gasteiger partial charge on any atom is 0.164 e. The van der Waals surface area contributed by atoms with Crippen LogP contribution in [0.2, 0.25) is 0 Å². The number of benzene rings is 1. The van der Waals surface area contributed by atoms with Gasteiger partial charge in [0.05, 0.1) is 7.11 Å². The molecule has 3 rings (SSSR count). The van der Waals surface area contributed by atoms with Crippen molar-refractivity contribution >= 4 is 0 Å². The number of hydrogen-bond acceptors (Lipinski definition) is 4. The Morgan fingerprint density at radius 2 is 2.15 bits per heavy atom. The van der Waals surface area contributed by atoms with Crippen molar-refractivity contribution in [3.05, 3.63) is 53.9 Å². The van der Waals surface area contributed by atoms with Crippen molar-refractivity contribution in [2.75, 3.05) is 13.7 Å². The number of pyridine rings is 1. The minimum absolute atomic E-state index is 0.322. The van der Waals surface area contributed by atoms with E-state index in [1.807, 2.05) is 36.7 Å². The average Bonchev–Trinajstić information content (AvgIpc) is 2.53. The molecular weight excluding hydrogens is 252 g/mol. The lowest BCUT2D eigenvalue weighted by Crippen LogP contribution is -2.38. The van der Waals surface area contributed by atoms with Gasteiger partial charge in [0.1, 0.15) is 6.61 Å². The van der Waals surface area contributed by atoms with Crippen molar-refractivity contribution in [3.63, 3.8) is 0 Å². The predicted molar refractivity (Wildman–Crippen MR) is 77.1 cm³/mol. The number of hydrogen-bond donors (Lipinski definition) is 1. The second-order valence-electron chi connectivity index (χ2n) is 4.90. The van der Waals surface area contributed by atoms with Crippen LogP contribution in [-0.4, -0.2) is 24.7 Å². The Kier molecular flexibility index (Phi) is 3.83. The maximum atomic E-state index is 5.85. The highest BCUT2D eigenvalue weighted by molar-refractivity contribution is 5.48. The van der Waals surface area contributed by atoms with Gasteiger partial charge in [-0.15, -0.1) is 0 Å². The second-order valence-corrected chi connectivity index (χ2v) is 4.90. The molecule has 0 fully saturated rings. The molecule has 0 aliphatic carbocycles. The van der Waals surface area contributed by atoms with Crippen LogP contribution in [0.3, 0.4) is 0 Å². The summed E-state index contributed by atoms with van der Waals surface area (Å²) in [6.45, 7) is 1.49. The maximum absolute atomic E-state index is 5.85. The van der Waals surface area contributed by atoms with Crippen molar-refractivity contribution in [1.29, 1.82) is 0 Å². The first-order valence-corrected chi connectivity index (χ1v) is 6.78. The van der Waals surface area contributed by atoms with Gasteiger partial charge in [-0.2, -0.15) is 0 Å². The first kappa shape index (κ1) is 12.9. The standard InChI is InChI=1S/C16H18N2O2/c1-19-15-4-2-3-13-9-14(11-20-16(13)15)18-10-12-5-7-17-8-6-12/h2-8,14,18H,9-11H2,1H3. The molecule has 2 aromatic rings. The summed E-state index contributed by atoms with van der Waals surface area (Å²) in [5.41, 5.74) is 2.43. The molecule has 4 nitrogen and oxygen atoms in total. The number of methoxy groups -OCH3 is 1. The molecule has 0 radical (unpaired) electrons. The Bertz CT molecular complexity index is 572. The molecule has 104 valence electrons. The average molecular weight is 270 g/mol. The van der Waals surface area contributed by atoms with E-state index >= 15 is 0 Å². The Labute approximate surface area is 118 Å². The molecule has 1 aromatic carbocycles. The van der Waals surface area contributed by atoms with E-state index in [1.54, 1.807) is 7.11 Å². The van der Waals surface area contributed by atoms with Gasteiger partial charge >= 0.3 is 0 Å². The summed E-state index contributed by atoms with van der Waals surface area (Å²) in [6.07, 6.45) is 4.58. The van der Waals surface area contributed by atoms with Gasteiger partial charge in [-0.25, -0.2) is 0 Å². The number of nitrogens with zero attached hydrogens (tertiary/aromatic N) is 1. The van der Waals surface area contributed by atoms with E-state index in [4.69, 9.17) is 9.47 Å². The van der Waals surface area contributed by atoms with Gasteiger partial charge in [-0.1, -0.05) is 12.1 Å². The molecule has 1 atom stereocenters. The molecule has 0 saturated heterocycles.